The zero-order valence-electron chi connectivity index (χ0n) is 12.5. The first-order valence-corrected chi connectivity index (χ1v) is 9.08. The minimum Gasteiger partial charge on any atom is -0.260 e. The number of rotatable bonds is 4. The van der Waals surface area contributed by atoms with Crippen LogP contribution in [-0.4, -0.2) is 24.8 Å². The summed E-state index contributed by atoms with van der Waals surface area (Å²) in [5.41, 5.74) is 3.67. The van der Waals surface area contributed by atoms with E-state index < -0.39 is 0 Å². The molecule has 0 aliphatic carbocycles. The molecule has 3 aromatic heterocycles. The van der Waals surface area contributed by atoms with Gasteiger partial charge in [0.25, 0.3) is 0 Å². The summed E-state index contributed by atoms with van der Waals surface area (Å²) < 4.78 is 2.83. The maximum absolute atomic E-state index is 4.68. The Hall–Kier alpha value is -2.25. The van der Waals surface area contributed by atoms with Crippen molar-refractivity contribution in [2.75, 3.05) is 0 Å². The normalized spacial score (nSPS) is 11.0. The SMILES string of the molecule is Brc1ccc(-c2ccc3nnc(SCc4ccccn4)n3n2)cc1. The van der Waals surface area contributed by atoms with Crippen molar-refractivity contribution in [2.24, 2.45) is 0 Å². The fourth-order valence-electron chi connectivity index (χ4n) is 2.26. The Morgan fingerprint density at radius 3 is 2.62 bits per heavy atom. The van der Waals surface area contributed by atoms with Crippen molar-refractivity contribution < 1.29 is 0 Å². The van der Waals surface area contributed by atoms with Crippen molar-refractivity contribution in [2.45, 2.75) is 10.9 Å². The molecule has 0 radical (unpaired) electrons. The highest BCUT2D eigenvalue weighted by atomic mass is 79.9. The number of halogens is 1. The fourth-order valence-corrected chi connectivity index (χ4v) is 3.32. The monoisotopic (exact) mass is 397 g/mol. The minimum atomic E-state index is 0.728. The fraction of sp³-hybridized carbons (Fsp3) is 0.0588. The highest BCUT2D eigenvalue weighted by molar-refractivity contribution is 9.10. The lowest BCUT2D eigenvalue weighted by Crippen LogP contribution is -1.97. The molecule has 0 N–H and O–H groups in total. The Kier molecular flexibility index (Phi) is 4.27. The molecule has 1 aromatic carbocycles. The highest BCUT2D eigenvalue weighted by Gasteiger charge is 2.10. The van der Waals surface area contributed by atoms with E-state index in [4.69, 9.17) is 0 Å². The Morgan fingerprint density at radius 1 is 0.958 bits per heavy atom. The molecule has 24 heavy (non-hydrogen) atoms. The molecule has 0 unspecified atom stereocenters. The standard InChI is InChI=1S/C17H12BrN5S/c18-13-6-4-12(5-7-13)15-8-9-16-20-21-17(23(16)22-15)24-11-14-3-1-2-10-19-14/h1-10H,11H2. The van der Waals surface area contributed by atoms with Gasteiger partial charge in [0.15, 0.2) is 5.65 Å². The van der Waals surface area contributed by atoms with E-state index in [1.807, 2.05) is 54.6 Å². The van der Waals surface area contributed by atoms with Crippen molar-refractivity contribution in [3.63, 3.8) is 0 Å². The lowest BCUT2D eigenvalue weighted by Gasteiger charge is -2.03. The molecule has 4 aromatic rings. The van der Waals surface area contributed by atoms with Crippen molar-refractivity contribution in [3.05, 3.63) is 71.0 Å². The van der Waals surface area contributed by atoms with Crippen LogP contribution in [0.3, 0.4) is 0 Å². The number of fused-ring (bicyclic) bond motifs is 1. The maximum atomic E-state index is 4.68. The van der Waals surface area contributed by atoms with Gasteiger partial charge in [-0.15, -0.1) is 10.2 Å². The van der Waals surface area contributed by atoms with Gasteiger partial charge in [-0.1, -0.05) is 45.9 Å². The summed E-state index contributed by atoms with van der Waals surface area (Å²) in [6, 6.07) is 17.8. The van der Waals surface area contributed by atoms with Crippen LogP contribution in [0.4, 0.5) is 0 Å². The average Bonchev–Trinajstić information content (AvgIpc) is 3.04. The zero-order chi connectivity index (χ0) is 16.4. The molecular weight excluding hydrogens is 386 g/mol. The molecule has 0 aliphatic heterocycles. The smallest absolute Gasteiger partial charge is 0.212 e. The Labute approximate surface area is 151 Å². The molecule has 3 heterocycles. The van der Waals surface area contributed by atoms with E-state index in [9.17, 15) is 0 Å². The van der Waals surface area contributed by atoms with Gasteiger partial charge >= 0.3 is 0 Å². The molecular formula is C17H12BrN5S. The number of pyridine rings is 1. The summed E-state index contributed by atoms with van der Waals surface area (Å²) in [7, 11) is 0. The Bertz CT molecular complexity index is 969. The summed E-state index contributed by atoms with van der Waals surface area (Å²) in [5, 5.41) is 13.9. The number of hydrogen-bond acceptors (Lipinski definition) is 5. The van der Waals surface area contributed by atoms with Gasteiger partial charge in [-0.2, -0.15) is 9.61 Å². The number of hydrogen-bond donors (Lipinski definition) is 0. The summed E-state index contributed by atoms with van der Waals surface area (Å²) in [6.45, 7) is 0. The second kappa shape index (κ2) is 6.70. The molecule has 0 fully saturated rings. The zero-order valence-corrected chi connectivity index (χ0v) is 14.9. The predicted molar refractivity (Wildman–Crippen MR) is 97.7 cm³/mol. The summed E-state index contributed by atoms with van der Waals surface area (Å²) in [6.07, 6.45) is 1.79. The first-order valence-electron chi connectivity index (χ1n) is 7.31. The van der Waals surface area contributed by atoms with Crippen LogP contribution in [0.25, 0.3) is 16.9 Å². The van der Waals surface area contributed by atoms with E-state index in [0.717, 1.165) is 38.0 Å². The van der Waals surface area contributed by atoms with E-state index in [1.54, 1.807) is 22.5 Å². The van der Waals surface area contributed by atoms with Gasteiger partial charge < -0.3 is 0 Å². The average molecular weight is 398 g/mol. The molecule has 0 atom stereocenters. The third-order valence-corrected chi connectivity index (χ3v) is 4.93. The molecule has 0 bridgehead atoms. The van der Waals surface area contributed by atoms with Crippen LogP contribution < -0.4 is 0 Å². The van der Waals surface area contributed by atoms with Crippen LogP contribution in [0.1, 0.15) is 5.69 Å². The molecule has 0 saturated carbocycles. The van der Waals surface area contributed by atoms with Crippen LogP contribution in [0.5, 0.6) is 0 Å². The van der Waals surface area contributed by atoms with E-state index in [-0.39, 0.29) is 0 Å². The van der Waals surface area contributed by atoms with Gasteiger partial charge in [0.2, 0.25) is 5.16 Å². The summed E-state index contributed by atoms with van der Waals surface area (Å²) >= 11 is 5.02. The third-order valence-electron chi connectivity index (χ3n) is 3.45. The van der Waals surface area contributed by atoms with Gasteiger partial charge in [-0.3, -0.25) is 4.98 Å². The minimum absolute atomic E-state index is 0.728. The molecule has 118 valence electrons. The molecule has 0 saturated heterocycles. The topological polar surface area (TPSA) is 56.0 Å². The summed E-state index contributed by atoms with van der Waals surface area (Å²) in [5.74, 6) is 0.728. The number of thioether (sulfide) groups is 1. The van der Waals surface area contributed by atoms with Crippen molar-refractivity contribution in [1.29, 1.82) is 0 Å². The highest BCUT2D eigenvalue weighted by Crippen LogP contribution is 2.23. The molecule has 0 spiro atoms. The first kappa shape index (κ1) is 15.3. The number of aromatic nitrogens is 5. The number of benzene rings is 1. The van der Waals surface area contributed by atoms with Gasteiger partial charge in [0.1, 0.15) is 0 Å². The lowest BCUT2D eigenvalue weighted by atomic mass is 10.1. The van der Waals surface area contributed by atoms with Crippen LogP contribution >= 0.6 is 27.7 Å². The first-order chi connectivity index (χ1) is 11.8. The van der Waals surface area contributed by atoms with Crippen LogP contribution in [0, 0.1) is 0 Å². The van der Waals surface area contributed by atoms with Crippen molar-refractivity contribution in [1.82, 2.24) is 24.8 Å². The van der Waals surface area contributed by atoms with E-state index in [2.05, 4.69) is 36.2 Å². The largest absolute Gasteiger partial charge is 0.260 e. The van der Waals surface area contributed by atoms with E-state index >= 15 is 0 Å². The molecule has 5 nitrogen and oxygen atoms in total. The van der Waals surface area contributed by atoms with Gasteiger partial charge in [-0.05, 0) is 36.4 Å². The quantitative estimate of drug-likeness (QED) is 0.482. The Morgan fingerprint density at radius 2 is 1.83 bits per heavy atom. The van der Waals surface area contributed by atoms with E-state index in [1.165, 1.54) is 0 Å². The third kappa shape index (κ3) is 3.18. The molecule has 4 rings (SSSR count). The lowest BCUT2D eigenvalue weighted by molar-refractivity contribution is 0.812. The van der Waals surface area contributed by atoms with Crippen molar-refractivity contribution in [3.8, 4) is 11.3 Å². The van der Waals surface area contributed by atoms with Crippen LogP contribution in [0.15, 0.2) is 70.4 Å². The van der Waals surface area contributed by atoms with Gasteiger partial charge in [0.05, 0.1) is 11.4 Å². The molecule has 0 aliphatic rings. The molecule has 0 amide bonds. The maximum Gasteiger partial charge on any atom is 0.212 e. The van der Waals surface area contributed by atoms with Gasteiger partial charge in [0, 0.05) is 22.0 Å². The van der Waals surface area contributed by atoms with E-state index in [0.29, 0.717) is 0 Å². The van der Waals surface area contributed by atoms with Crippen LogP contribution in [-0.2, 0) is 5.75 Å². The van der Waals surface area contributed by atoms with Crippen molar-refractivity contribution >= 4 is 33.3 Å². The molecule has 7 heteroatoms. The van der Waals surface area contributed by atoms with Crippen LogP contribution in [0.2, 0.25) is 0 Å². The predicted octanol–water partition coefficient (Wildman–Crippen LogP) is 4.24. The summed E-state index contributed by atoms with van der Waals surface area (Å²) in [4.78, 5) is 4.33. The second-order valence-corrected chi connectivity index (χ2v) is 6.95. The second-order valence-electron chi connectivity index (χ2n) is 5.09. The number of nitrogens with zero attached hydrogens (tertiary/aromatic N) is 5. The van der Waals surface area contributed by atoms with Gasteiger partial charge in [-0.25, -0.2) is 0 Å². The Balaban J connectivity index is 1.64.